The second-order valence-electron chi connectivity index (χ2n) is 3.05. The average Bonchev–Trinajstić information content (AvgIpc) is 2.23. The molecule has 5 heteroatoms. The number of amides is 1. The van der Waals surface area contributed by atoms with Crippen LogP contribution in [0.2, 0.25) is 0 Å². The van der Waals surface area contributed by atoms with Gasteiger partial charge < -0.3 is 9.53 Å². The van der Waals surface area contributed by atoms with E-state index in [1.807, 2.05) is 0 Å². The van der Waals surface area contributed by atoms with E-state index in [1.165, 1.54) is 17.0 Å². The fraction of sp³-hybridized carbons (Fsp3) is 0.200. The van der Waals surface area contributed by atoms with Crippen molar-refractivity contribution in [2.24, 2.45) is 0 Å². The van der Waals surface area contributed by atoms with Crippen LogP contribution in [0.25, 0.3) is 0 Å². The summed E-state index contributed by atoms with van der Waals surface area (Å²) in [5.41, 5.74) is 0.304. The highest BCUT2D eigenvalue weighted by molar-refractivity contribution is 5.99. The molecule has 0 bridgehead atoms. The fourth-order valence-corrected chi connectivity index (χ4v) is 1.47. The lowest BCUT2D eigenvalue weighted by molar-refractivity contribution is -0.122. The number of benzene rings is 1. The van der Waals surface area contributed by atoms with E-state index in [2.05, 4.69) is 0 Å². The Kier molecular flexibility index (Phi) is 2.37. The fourth-order valence-electron chi connectivity index (χ4n) is 1.47. The van der Waals surface area contributed by atoms with E-state index in [9.17, 15) is 14.0 Å². The van der Waals surface area contributed by atoms with Crippen LogP contribution < -0.4 is 9.64 Å². The van der Waals surface area contributed by atoms with Gasteiger partial charge in [0.15, 0.2) is 18.2 Å². The minimum absolute atomic E-state index is 0.0268. The molecule has 15 heavy (non-hydrogen) atoms. The third-order valence-corrected chi connectivity index (χ3v) is 2.14. The first-order valence-electron chi connectivity index (χ1n) is 4.39. The minimum Gasteiger partial charge on any atom is -0.478 e. The predicted octanol–water partition coefficient (Wildman–Crippen LogP) is 0.750. The molecule has 1 aromatic carbocycles. The smallest absolute Gasteiger partial charge is 0.265 e. The quantitative estimate of drug-likeness (QED) is 0.675. The second-order valence-corrected chi connectivity index (χ2v) is 3.05. The largest absolute Gasteiger partial charge is 0.478 e. The number of carbonyl (C=O) groups excluding carboxylic acids is 2. The number of rotatable bonds is 2. The topological polar surface area (TPSA) is 46.6 Å². The molecule has 2 rings (SSSR count). The first-order valence-corrected chi connectivity index (χ1v) is 4.39. The number of halogens is 1. The molecule has 0 aliphatic carbocycles. The van der Waals surface area contributed by atoms with Crippen molar-refractivity contribution in [1.82, 2.24) is 0 Å². The maximum atomic E-state index is 13.3. The highest BCUT2D eigenvalue weighted by Crippen LogP contribution is 2.33. The maximum absolute atomic E-state index is 13.3. The van der Waals surface area contributed by atoms with Crippen molar-refractivity contribution in [3.05, 3.63) is 24.0 Å². The Hall–Kier alpha value is -1.91. The van der Waals surface area contributed by atoms with E-state index >= 15 is 0 Å². The van der Waals surface area contributed by atoms with E-state index in [-0.39, 0.29) is 24.8 Å². The number of carbonyl (C=O) groups is 2. The first-order chi connectivity index (χ1) is 7.24. The molecule has 0 aromatic heterocycles. The minimum atomic E-state index is -0.532. The van der Waals surface area contributed by atoms with Gasteiger partial charge in [-0.3, -0.25) is 9.69 Å². The molecule has 4 nitrogen and oxygen atoms in total. The zero-order valence-corrected chi connectivity index (χ0v) is 7.77. The van der Waals surface area contributed by atoms with Gasteiger partial charge in [-0.15, -0.1) is 0 Å². The molecule has 0 radical (unpaired) electrons. The van der Waals surface area contributed by atoms with E-state index in [4.69, 9.17) is 4.74 Å². The van der Waals surface area contributed by atoms with Crippen LogP contribution in [0.15, 0.2) is 18.2 Å². The Balaban J connectivity index is 2.47. The number of hydrogen-bond donors (Lipinski definition) is 0. The summed E-state index contributed by atoms with van der Waals surface area (Å²) in [5.74, 6) is -0.852. The number of aldehydes is 1. The van der Waals surface area contributed by atoms with Gasteiger partial charge in [-0.1, -0.05) is 6.07 Å². The van der Waals surface area contributed by atoms with Crippen molar-refractivity contribution in [2.75, 3.05) is 18.1 Å². The summed E-state index contributed by atoms with van der Waals surface area (Å²) >= 11 is 0. The number of nitrogens with zero attached hydrogens (tertiary/aromatic N) is 1. The van der Waals surface area contributed by atoms with Gasteiger partial charge in [0.05, 0.1) is 12.2 Å². The van der Waals surface area contributed by atoms with Gasteiger partial charge in [-0.25, -0.2) is 4.39 Å². The molecule has 1 aromatic rings. The summed E-state index contributed by atoms with van der Waals surface area (Å²) in [5, 5.41) is 0. The summed E-state index contributed by atoms with van der Waals surface area (Å²) in [7, 11) is 0. The Bertz CT molecular complexity index is 419. The Labute approximate surface area is 85.2 Å². The van der Waals surface area contributed by atoms with Crippen LogP contribution in [0.1, 0.15) is 0 Å². The molecule has 0 saturated heterocycles. The van der Waals surface area contributed by atoms with Crippen LogP contribution in [0.5, 0.6) is 5.75 Å². The lowest BCUT2D eigenvalue weighted by Crippen LogP contribution is -2.40. The van der Waals surface area contributed by atoms with Gasteiger partial charge in [0, 0.05) is 0 Å². The number of hydrogen-bond acceptors (Lipinski definition) is 3. The second kappa shape index (κ2) is 3.68. The number of anilines is 1. The predicted molar refractivity (Wildman–Crippen MR) is 50.3 cm³/mol. The number of ether oxygens (including phenoxy) is 1. The van der Waals surface area contributed by atoms with Gasteiger partial charge in [-0.05, 0) is 12.1 Å². The van der Waals surface area contributed by atoms with Crippen molar-refractivity contribution in [1.29, 1.82) is 0 Å². The molecule has 1 amide bonds. The Morgan fingerprint density at radius 3 is 3.07 bits per heavy atom. The molecular formula is C10H8FNO3. The third-order valence-electron chi connectivity index (χ3n) is 2.14. The van der Waals surface area contributed by atoms with Crippen molar-refractivity contribution in [2.45, 2.75) is 0 Å². The summed E-state index contributed by atoms with van der Waals surface area (Å²) in [6.07, 6.45) is 0.595. The monoisotopic (exact) mass is 209 g/mol. The zero-order valence-electron chi connectivity index (χ0n) is 7.77. The molecular weight excluding hydrogens is 201 g/mol. The summed E-state index contributed by atoms with van der Waals surface area (Å²) in [4.78, 5) is 23.0. The van der Waals surface area contributed by atoms with Crippen LogP contribution in [0, 0.1) is 5.82 Å². The van der Waals surface area contributed by atoms with Crippen molar-refractivity contribution in [3.63, 3.8) is 0 Å². The summed E-state index contributed by atoms with van der Waals surface area (Å²) in [6, 6.07) is 4.25. The molecule has 78 valence electrons. The van der Waals surface area contributed by atoms with Crippen LogP contribution in [0.3, 0.4) is 0 Å². The zero-order chi connectivity index (χ0) is 10.8. The molecule has 1 aliphatic heterocycles. The SMILES string of the molecule is O=CCN1C(=O)COc2c(F)cccc21. The van der Waals surface area contributed by atoms with Crippen molar-refractivity contribution in [3.8, 4) is 5.75 Å². The van der Waals surface area contributed by atoms with Crippen molar-refractivity contribution >= 4 is 17.9 Å². The Morgan fingerprint density at radius 1 is 1.53 bits per heavy atom. The maximum Gasteiger partial charge on any atom is 0.265 e. The molecule has 1 heterocycles. The van der Waals surface area contributed by atoms with Crippen LogP contribution in [-0.4, -0.2) is 25.3 Å². The lowest BCUT2D eigenvalue weighted by Gasteiger charge is -2.27. The lowest BCUT2D eigenvalue weighted by atomic mass is 10.2. The summed E-state index contributed by atoms with van der Waals surface area (Å²) < 4.78 is 18.2. The van der Waals surface area contributed by atoms with Gasteiger partial charge in [0.2, 0.25) is 0 Å². The van der Waals surface area contributed by atoms with Gasteiger partial charge in [-0.2, -0.15) is 0 Å². The highest BCUT2D eigenvalue weighted by Gasteiger charge is 2.26. The first kappa shape index (κ1) is 9.64. The molecule has 0 fully saturated rings. The van der Waals surface area contributed by atoms with Gasteiger partial charge in [0.25, 0.3) is 5.91 Å². The van der Waals surface area contributed by atoms with Crippen LogP contribution in [-0.2, 0) is 9.59 Å². The van der Waals surface area contributed by atoms with Crippen molar-refractivity contribution < 1.29 is 18.7 Å². The number of fused-ring (bicyclic) bond motifs is 1. The molecule has 1 aliphatic rings. The van der Waals surface area contributed by atoms with E-state index < -0.39 is 5.82 Å². The Morgan fingerprint density at radius 2 is 2.33 bits per heavy atom. The van der Waals surface area contributed by atoms with Gasteiger partial charge >= 0.3 is 0 Å². The normalized spacial score (nSPS) is 14.5. The van der Waals surface area contributed by atoms with E-state index in [0.717, 1.165) is 0 Å². The highest BCUT2D eigenvalue weighted by atomic mass is 19.1. The van der Waals surface area contributed by atoms with E-state index in [1.54, 1.807) is 6.07 Å². The molecule has 0 atom stereocenters. The average molecular weight is 209 g/mol. The molecule has 0 unspecified atom stereocenters. The third kappa shape index (κ3) is 1.56. The van der Waals surface area contributed by atoms with Gasteiger partial charge in [0.1, 0.15) is 6.29 Å². The number of para-hydroxylation sites is 1. The standard InChI is InChI=1S/C10H8FNO3/c11-7-2-1-3-8-10(7)15-6-9(14)12(8)4-5-13/h1-3,5H,4,6H2. The van der Waals surface area contributed by atoms with E-state index in [0.29, 0.717) is 12.0 Å². The molecule has 0 spiro atoms. The molecule has 0 N–H and O–H groups in total. The molecule has 0 saturated carbocycles. The van der Waals surface area contributed by atoms with Crippen LogP contribution >= 0.6 is 0 Å². The summed E-state index contributed by atoms with van der Waals surface area (Å²) in [6.45, 7) is -0.319. The van der Waals surface area contributed by atoms with Crippen LogP contribution in [0.4, 0.5) is 10.1 Å².